The van der Waals surface area contributed by atoms with Crippen LogP contribution in [-0.2, 0) is 11.2 Å². The van der Waals surface area contributed by atoms with Crippen LogP contribution in [0.1, 0.15) is 25.0 Å². The van der Waals surface area contributed by atoms with Gasteiger partial charge in [0.25, 0.3) is 0 Å². The van der Waals surface area contributed by atoms with Crippen molar-refractivity contribution in [2.75, 3.05) is 0 Å². The number of nitrogens with one attached hydrogen (secondary N) is 1. The zero-order chi connectivity index (χ0) is 19.2. The molecule has 3 aromatic carbocycles. The van der Waals surface area contributed by atoms with Crippen molar-refractivity contribution in [3.8, 4) is 11.5 Å². The minimum absolute atomic E-state index is 0.0253. The lowest BCUT2D eigenvalue weighted by Crippen LogP contribution is -2.19. The fourth-order valence-electron chi connectivity index (χ4n) is 2.81. The van der Waals surface area contributed by atoms with Crippen molar-refractivity contribution in [1.29, 1.82) is 0 Å². The minimum atomic E-state index is -0.221. The Hall–Kier alpha value is -3.34. The summed E-state index contributed by atoms with van der Waals surface area (Å²) < 4.78 is 5.52. The topological polar surface area (TPSA) is 70.9 Å². The maximum atomic E-state index is 12.2. The molecule has 0 bridgehead atoms. The Kier molecular flexibility index (Phi) is 5.71. The SMILES string of the molecule is CC(C)Oc1ccc(/C=N\NC(=O)Cc2cccc3ccccc23)c(O)c1. The highest BCUT2D eigenvalue weighted by molar-refractivity contribution is 5.91. The lowest BCUT2D eigenvalue weighted by atomic mass is 10.0. The molecule has 0 aliphatic carbocycles. The third-order valence-electron chi connectivity index (χ3n) is 4.00. The molecule has 3 rings (SSSR count). The van der Waals surface area contributed by atoms with Crippen molar-refractivity contribution in [3.05, 3.63) is 71.8 Å². The van der Waals surface area contributed by atoms with Gasteiger partial charge in [0.1, 0.15) is 11.5 Å². The zero-order valence-electron chi connectivity index (χ0n) is 15.3. The van der Waals surface area contributed by atoms with Crippen LogP contribution in [0.3, 0.4) is 0 Å². The van der Waals surface area contributed by atoms with Crippen molar-refractivity contribution >= 4 is 22.9 Å². The lowest BCUT2D eigenvalue weighted by Gasteiger charge is -2.10. The minimum Gasteiger partial charge on any atom is -0.507 e. The average molecular weight is 362 g/mol. The predicted octanol–water partition coefficient (Wildman–Crippen LogP) is 4.03. The van der Waals surface area contributed by atoms with Gasteiger partial charge in [-0.3, -0.25) is 4.79 Å². The Labute approximate surface area is 158 Å². The number of ether oxygens (including phenoxy) is 1. The van der Waals surface area contributed by atoms with Gasteiger partial charge in [-0.15, -0.1) is 0 Å². The van der Waals surface area contributed by atoms with Gasteiger partial charge in [0.2, 0.25) is 5.91 Å². The van der Waals surface area contributed by atoms with Crippen molar-refractivity contribution in [3.63, 3.8) is 0 Å². The van der Waals surface area contributed by atoms with Crippen molar-refractivity contribution in [2.24, 2.45) is 5.10 Å². The molecule has 3 aromatic rings. The molecule has 0 unspecified atom stereocenters. The fraction of sp³-hybridized carbons (Fsp3) is 0.182. The number of carbonyl (C=O) groups is 1. The van der Waals surface area contributed by atoms with E-state index in [1.165, 1.54) is 12.3 Å². The first-order valence-corrected chi connectivity index (χ1v) is 8.81. The standard InChI is InChI=1S/C22H22N2O3/c1-15(2)27-19-11-10-18(21(25)13-19)14-23-24-22(26)12-17-8-5-7-16-6-3-4-9-20(16)17/h3-11,13-15,25H,12H2,1-2H3,(H,24,26)/b23-14-. The number of carbonyl (C=O) groups excluding carboxylic acids is 1. The number of nitrogens with zero attached hydrogens (tertiary/aromatic N) is 1. The van der Waals surface area contributed by atoms with Crippen LogP contribution in [0.4, 0.5) is 0 Å². The monoisotopic (exact) mass is 362 g/mol. The van der Waals surface area contributed by atoms with Gasteiger partial charge in [0.05, 0.1) is 18.7 Å². The normalized spacial score (nSPS) is 11.2. The van der Waals surface area contributed by atoms with Gasteiger partial charge in [-0.2, -0.15) is 5.10 Å². The summed E-state index contributed by atoms with van der Waals surface area (Å²) in [6, 6.07) is 18.8. The molecule has 0 saturated carbocycles. The van der Waals surface area contributed by atoms with Crippen LogP contribution < -0.4 is 10.2 Å². The molecule has 0 atom stereocenters. The molecule has 0 saturated heterocycles. The first-order chi connectivity index (χ1) is 13.0. The maximum absolute atomic E-state index is 12.2. The highest BCUT2D eigenvalue weighted by Crippen LogP contribution is 2.23. The molecule has 0 aliphatic rings. The molecule has 2 N–H and O–H groups in total. The van der Waals surface area contributed by atoms with Gasteiger partial charge in [0, 0.05) is 11.6 Å². The van der Waals surface area contributed by atoms with Gasteiger partial charge in [0.15, 0.2) is 0 Å². The number of hydrogen-bond acceptors (Lipinski definition) is 4. The second-order valence-corrected chi connectivity index (χ2v) is 6.50. The number of benzene rings is 3. The molecule has 1 amide bonds. The van der Waals surface area contributed by atoms with Crippen LogP contribution in [0.5, 0.6) is 11.5 Å². The highest BCUT2D eigenvalue weighted by atomic mass is 16.5. The van der Waals surface area contributed by atoms with E-state index in [0.717, 1.165) is 16.3 Å². The first kappa shape index (κ1) is 18.5. The van der Waals surface area contributed by atoms with E-state index in [-0.39, 0.29) is 24.2 Å². The second kappa shape index (κ2) is 8.36. The summed E-state index contributed by atoms with van der Waals surface area (Å²) >= 11 is 0. The molecule has 5 nitrogen and oxygen atoms in total. The summed E-state index contributed by atoms with van der Waals surface area (Å²) in [5.41, 5.74) is 3.95. The van der Waals surface area contributed by atoms with Gasteiger partial charge in [-0.25, -0.2) is 5.43 Å². The number of hydrogen-bond donors (Lipinski definition) is 2. The molecule has 0 heterocycles. The Balaban J connectivity index is 1.63. The van der Waals surface area contributed by atoms with Crippen molar-refractivity contribution in [2.45, 2.75) is 26.4 Å². The van der Waals surface area contributed by atoms with E-state index in [4.69, 9.17) is 4.74 Å². The Morgan fingerprint density at radius 2 is 1.93 bits per heavy atom. The number of amides is 1. The number of fused-ring (bicyclic) bond motifs is 1. The van der Waals surface area contributed by atoms with Crippen molar-refractivity contribution in [1.82, 2.24) is 5.43 Å². The number of phenols is 1. The van der Waals surface area contributed by atoms with Crippen LogP contribution in [0.15, 0.2) is 65.8 Å². The number of hydrazone groups is 1. The molecule has 27 heavy (non-hydrogen) atoms. The molecular formula is C22H22N2O3. The van der Waals surface area contributed by atoms with E-state index < -0.39 is 0 Å². The van der Waals surface area contributed by atoms with Gasteiger partial charge >= 0.3 is 0 Å². The smallest absolute Gasteiger partial charge is 0.244 e. The van der Waals surface area contributed by atoms with Gasteiger partial charge in [-0.1, -0.05) is 42.5 Å². The van der Waals surface area contributed by atoms with Crippen molar-refractivity contribution < 1.29 is 14.6 Å². The highest BCUT2D eigenvalue weighted by Gasteiger charge is 2.07. The van der Waals surface area contributed by atoms with Crippen LogP contribution in [0.2, 0.25) is 0 Å². The quantitative estimate of drug-likeness (QED) is 0.514. The molecule has 5 heteroatoms. The Bertz CT molecular complexity index is 975. The molecule has 0 aromatic heterocycles. The fourth-order valence-corrected chi connectivity index (χ4v) is 2.81. The third-order valence-corrected chi connectivity index (χ3v) is 4.00. The summed E-state index contributed by atoms with van der Waals surface area (Å²) in [5, 5.41) is 16.1. The molecule has 0 spiro atoms. The summed E-state index contributed by atoms with van der Waals surface area (Å²) in [4.78, 5) is 12.2. The number of rotatable bonds is 6. The van der Waals surface area contributed by atoms with E-state index in [2.05, 4.69) is 10.5 Å². The summed E-state index contributed by atoms with van der Waals surface area (Å²) in [6.07, 6.45) is 1.67. The van der Waals surface area contributed by atoms with E-state index in [1.54, 1.807) is 12.1 Å². The summed E-state index contributed by atoms with van der Waals surface area (Å²) in [5.74, 6) is 0.404. The van der Waals surface area contributed by atoms with E-state index in [1.807, 2.05) is 56.3 Å². The predicted molar refractivity (Wildman–Crippen MR) is 107 cm³/mol. The first-order valence-electron chi connectivity index (χ1n) is 8.81. The number of phenolic OH excluding ortho intramolecular Hbond substituents is 1. The summed E-state index contributed by atoms with van der Waals surface area (Å²) in [6.45, 7) is 3.83. The maximum Gasteiger partial charge on any atom is 0.244 e. The summed E-state index contributed by atoms with van der Waals surface area (Å²) in [7, 11) is 0. The van der Waals surface area contributed by atoms with Crippen LogP contribution >= 0.6 is 0 Å². The van der Waals surface area contributed by atoms with Crippen LogP contribution in [0, 0.1) is 0 Å². The lowest BCUT2D eigenvalue weighted by molar-refractivity contribution is -0.120. The van der Waals surface area contributed by atoms with Crippen LogP contribution in [-0.4, -0.2) is 23.3 Å². The van der Waals surface area contributed by atoms with E-state index >= 15 is 0 Å². The molecular weight excluding hydrogens is 340 g/mol. The number of aromatic hydroxyl groups is 1. The Morgan fingerprint density at radius 1 is 1.15 bits per heavy atom. The average Bonchev–Trinajstić information content (AvgIpc) is 2.63. The molecule has 138 valence electrons. The van der Waals surface area contributed by atoms with Crippen LogP contribution in [0.25, 0.3) is 10.8 Å². The largest absolute Gasteiger partial charge is 0.507 e. The third kappa shape index (κ3) is 4.85. The van der Waals surface area contributed by atoms with Gasteiger partial charge < -0.3 is 9.84 Å². The molecule has 0 aliphatic heterocycles. The van der Waals surface area contributed by atoms with Gasteiger partial charge in [-0.05, 0) is 42.3 Å². The molecule has 0 radical (unpaired) electrons. The second-order valence-electron chi connectivity index (χ2n) is 6.50. The van der Waals surface area contributed by atoms with E-state index in [0.29, 0.717) is 11.3 Å². The molecule has 0 fully saturated rings. The Morgan fingerprint density at radius 3 is 2.70 bits per heavy atom. The zero-order valence-corrected chi connectivity index (χ0v) is 15.3. The van der Waals surface area contributed by atoms with E-state index in [9.17, 15) is 9.90 Å².